The summed E-state index contributed by atoms with van der Waals surface area (Å²) in [5.41, 5.74) is 0. The number of carbonyl (C=O) groups excluding carboxylic acids is 1. The number of rotatable bonds is 3. The van der Waals surface area contributed by atoms with E-state index in [0.29, 0.717) is 18.2 Å². The molecule has 86 valence electrons. The maximum absolute atomic E-state index is 11.7. The zero-order valence-corrected chi connectivity index (χ0v) is 10.4. The summed E-state index contributed by atoms with van der Waals surface area (Å²) in [6.07, 6.45) is 1.36. The molecule has 1 atom stereocenters. The van der Waals surface area contributed by atoms with Gasteiger partial charge in [0.25, 0.3) is 5.24 Å². The number of carbonyl (C=O) groups is 2. The number of likely N-dealkylation sites (tertiary alicyclic amines) is 1. The van der Waals surface area contributed by atoms with Crippen LogP contribution >= 0.6 is 21.6 Å². The summed E-state index contributed by atoms with van der Waals surface area (Å²) >= 11 is 0. The van der Waals surface area contributed by atoms with Gasteiger partial charge in [0, 0.05) is 22.6 Å². The maximum atomic E-state index is 11.7. The van der Waals surface area contributed by atoms with Crippen molar-refractivity contribution in [2.75, 3.05) is 6.54 Å². The Balaban J connectivity index is 2.47. The van der Waals surface area contributed by atoms with E-state index in [-0.39, 0.29) is 5.24 Å². The smallest absolute Gasteiger partial charge is 0.326 e. The summed E-state index contributed by atoms with van der Waals surface area (Å²) in [6.45, 7) is 4.58. The highest BCUT2D eigenvalue weighted by molar-refractivity contribution is 8.82. The van der Waals surface area contributed by atoms with Crippen LogP contribution < -0.4 is 0 Å². The molecule has 1 aliphatic heterocycles. The number of nitrogens with zero attached hydrogens (tertiary/aromatic N) is 1. The van der Waals surface area contributed by atoms with Crippen LogP contribution in [0.2, 0.25) is 0 Å². The second kappa shape index (κ2) is 5.65. The Bertz CT molecular complexity index is 258. The van der Waals surface area contributed by atoms with Gasteiger partial charge in [-0.3, -0.25) is 4.79 Å². The molecule has 0 aromatic rings. The Morgan fingerprint density at radius 1 is 1.47 bits per heavy atom. The van der Waals surface area contributed by atoms with Crippen molar-refractivity contribution >= 4 is 32.8 Å². The van der Waals surface area contributed by atoms with Crippen LogP contribution in [-0.4, -0.2) is 39.1 Å². The van der Waals surface area contributed by atoms with Gasteiger partial charge in [0.2, 0.25) is 0 Å². The Kier molecular flexibility index (Phi) is 4.79. The van der Waals surface area contributed by atoms with Crippen LogP contribution in [0.1, 0.15) is 26.7 Å². The minimum absolute atomic E-state index is 0.126. The molecule has 0 unspecified atom stereocenters. The van der Waals surface area contributed by atoms with Crippen LogP contribution in [0.4, 0.5) is 4.79 Å². The first-order valence-electron chi connectivity index (χ1n) is 4.89. The molecule has 6 heteroatoms. The number of hydrogen-bond acceptors (Lipinski definition) is 4. The summed E-state index contributed by atoms with van der Waals surface area (Å²) in [7, 11) is 2.62. The lowest BCUT2D eigenvalue weighted by molar-refractivity contribution is -0.141. The second-order valence-electron chi connectivity index (χ2n) is 3.68. The van der Waals surface area contributed by atoms with E-state index in [4.69, 9.17) is 5.11 Å². The molecular formula is C9H15NO3S2. The van der Waals surface area contributed by atoms with Crippen LogP contribution in [0.15, 0.2) is 0 Å². The lowest BCUT2D eigenvalue weighted by Gasteiger charge is -2.20. The van der Waals surface area contributed by atoms with Crippen molar-refractivity contribution in [2.45, 2.75) is 38.0 Å². The van der Waals surface area contributed by atoms with Crippen LogP contribution in [0.3, 0.4) is 0 Å². The summed E-state index contributed by atoms with van der Waals surface area (Å²) in [5.74, 6) is -0.893. The first-order chi connectivity index (χ1) is 7.02. The number of amides is 1. The van der Waals surface area contributed by atoms with Crippen molar-refractivity contribution < 1.29 is 14.7 Å². The predicted octanol–water partition coefficient (Wildman–Crippen LogP) is 2.45. The highest BCUT2D eigenvalue weighted by Crippen LogP contribution is 2.32. The zero-order chi connectivity index (χ0) is 11.4. The van der Waals surface area contributed by atoms with Gasteiger partial charge < -0.3 is 10.0 Å². The van der Waals surface area contributed by atoms with Gasteiger partial charge in [-0.1, -0.05) is 24.6 Å². The number of carboxylic acids is 1. The second-order valence-corrected chi connectivity index (χ2v) is 6.41. The topological polar surface area (TPSA) is 57.6 Å². The van der Waals surface area contributed by atoms with Gasteiger partial charge in [0.1, 0.15) is 6.04 Å². The molecule has 0 aromatic carbocycles. The van der Waals surface area contributed by atoms with Gasteiger partial charge >= 0.3 is 5.97 Å². The fourth-order valence-electron chi connectivity index (χ4n) is 1.43. The van der Waals surface area contributed by atoms with Gasteiger partial charge in [-0.25, -0.2) is 4.79 Å². The monoisotopic (exact) mass is 249 g/mol. The summed E-state index contributed by atoms with van der Waals surface area (Å²) < 4.78 is 0. The van der Waals surface area contributed by atoms with E-state index in [0.717, 1.165) is 17.2 Å². The van der Waals surface area contributed by atoms with Crippen molar-refractivity contribution in [3.05, 3.63) is 0 Å². The molecule has 1 saturated heterocycles. The molecule has 1 fully saturated rings. The largest absolute Gasteiger partial charge is 0.480 e. The third-order valence-corrected chi connectivity index (χ3v) is 4.81. The molecule has 0 radical (unpaired) electrons. The van der Waals surface area contributed by atoms with Gasteiger partial charge in [0.15, 0.2) is 0 Å². The molecule has 1 N–H and O–H groups in total. The SMILES string of the molecule is CC(C)SSC(=O)N1CCC[C@H]1C(=O)O. The number of aliphatic carboxylic acids is 1. The standard InChI is InChI=1S/C9H15NO3S2/c1-6(2)14-15-9(13)10-5-3-4-7(10)8(11)12/h6-7H,3-5H2,1-2H3,(H,11,12)/t7-/m0/s1. The quantitative estimate of drug-likeness (QED) is 0.779. The normalized spacial score (nSPS) is 21.0. The van der Waals surface area contributed by atoms with E-state index in [1.807, 2.05) is 13.8 Å². The van der Waals surface area contributed by atoms with Gasteiger partial charge in [-0.2, -0.15) is 0 Å². The third kappa shape index (κ3) is 3.61. The molecule has 1 heterocycles. The molecule has 0 aliphatic carbocycles. The maximum Gasteiger partial charge on any atom is 0.326 e. The average molecular weight is 249 g/mol. The first kappa shape index (κ1) is 12.7. The molecule has 4 nitrogen and oxygen atoms in total. The van der Waals surface area contributed by atoms with Gasteiger partial charge in [-0.05, 0) is 12.8 Å². The van der Waals surface area contributed by atoms with E-state index in [9.17, 15) is 9.59 Å². The minimum Gasteiger partial charge on any atom is -0.480 e. The fraction of sp³-hybridized carbons (Fsp3) is 0.778. The zero-order valence-electron chi connectivity index (χ0n) is 8.80. The molecule has 1 aliphatic rings. The molecule has 0 aromatic heterocycles. The first-order valence-corrected chi connectivity index (χ1v) is 7.10. The summed E-state index contributed by atoms with van der Waals surface area (Å²) in [4.78, 5) is 24.0. The lowest BCUT2D eigenvalue weighted by Crippen LogP contribution is -2.38. The van der Waals surface area contributed by atoms with Crippen molar-refractivity contribution in [1.82, 2.24) is 4.90 Å². The molecule has 15 heavy (non-hydrogen) atoms. The highest BCUT2D eigenvalue weighted by atomic mass is 33.1. The van der Waals surface area contributed by atoms with E-state index < -0.39 is 12.0 Å². The van der Waals surface area contributed by atoms with Crippen molar-refractivity contribution in [3.8, 4) is 0 Å². The minimum atomic E-state index is -0.893. The van der Waals surface area contributed by atoms with Crippen LogP contribution in [0.5, 0.6) is 0 Å². The van der Waals surface area contributed by atoms with Crippen molar-refractivity contribution in [3.63, 3.8) is 0 Å². The van der Waals surface area contributed by atoms with E-state index in [1.165, 1.54) is 15.7 Å². The lowest BCUT2D eigenvalue weighted by atomic mass is 10.2. The van der Waals surface area contributed by atoms with E-state index in [2.05, 4.69) is 0 Å². The summed E-state index contributed by atoms with van der Waals surface area (Å²) in [6, 6.07) is -0.613. The average Bonchev–Trinajstić information content (AvgIpc) is 2.62. The van der Waals surface area contributed by atoms with Crippen LogP contribution in [0.25, 0.3) is 0 Å². The van der Waals surface area contributed by atoms with Crippen molar-refractivity contribution in [2.24, 2.45) is 0 Å². The third-order valence-electron chi connectivity index (χ3n) is 2.08. The van der Waals surface area contributed by atoms with Crippen LogP contribution in [0, 0.1) is 0 Å². The Morgan fingerprint density at radius 3 is 2.67 bits per heavy atom. The molecule has 0 saturated carbocycles. The molecular weight excluding hydrogens is 234 g/mol. The van der Waals surface area contributed by atoms with E-state index in [1.54, 1.807) is 0 Å². The number of hydrogen-bond donors (Lipinski definition) is 1. The summed E-state index contributed by atoms with van der Waals surface area (Å²) in [5, 5.41) is 9.14. The van der Waals surface area contributed by atoms with Gasteiger partial charge in [0.05, 0.1) is 0 Å². The molecule has 1 amide bonds. The highest BCUT2D eigenvalue weighted by Gasteiger charge is 2.34. The van der Waals surface area contributed by atoms with Crippen molar-refractivity contribution in [1.29, 1.82) is 0 Å². The Labute approximate surface area is 97.2 Å². The fourth-order valence-corrected chi connectivity index (χ4v) is 3.13. The predicted molar refractivity (Wildman–Crippen MR) is 63.1 cm³/mol. The Morgan fingerprint density at radius 2 is 2.13 bits per heavy atom. The number of carboxylic acid groups (broad SMARTS) is 1. The molecule has 1 rings (SSSR count). The molecule has 0 spiro atoms. The van der Waals surface area contributed by atoms with E-state index >= 15 is 0 Å². The Hall–Kier alpha value is -0.360. The van der Waals surface area contributed by atoms with Crippen LogP contribution in [-0.2, 0) is 4.79 Å². The van der Waals surface area contributed by atoms with Gasteiger partial charge in [-0.15, -0.1) is 0 Å². The molecule has 0 bridgehead atoms.